The highest BCUT2D eigenvalue weighted by Gasteiger charge is 2.16. The van der Waals surface area contributed by atoms with Gasteiger partial charge in [-0.3, -0.25) is 4.79 Å². The fourth-order valence-electron chi connectivity index (χ4n) is 3.05. The van der Waals surface area contributed by atoms with Gasteiger partial charge in [0.25, 0.3) is 5.91 Å². The summed E-state index contributed by atoms with van der Waals surface area (Å²) in [5, 5.41) is 4.70. The average Bonchev–Trinajstić information content (AvgIpc) is 3.05. The van der Waals surface area contributed by atoms with E-state index in [2.05, 4.69) is 15.3 Å². The lowest BCUT2D eigenvalue weighted by Gasteiger charge is -2.07. The first kappa shape index (κ1) is 15.2. The Kier molecular flexibility index (Phi) is 3.61. The Morgan fingerprint density at radius 3 is 2.56 bits per heavy atom. The molecule has 124 valence electrons. The summed E-state index contributed by atoms with van der Waals surface area (Å²) in [6, 6.07) is 17.5. The number of ether oxygens (including phenoxy) is 1. The number of carbonyl (C=O) groups excluding carboxylic acids is 1. The van der Waals surface area contributed by atoms with Crippen LogP contribution in [-0.4, -0.2) is 30.0 Å². The maximum absolute atomic E-state index is 12.2. The summed E-state index contributed by atoms with van der Waals surface area (Å²) in [4.78, 5) is 20.2. The van der Waals surface area contributed by atoms with Crippen LogP contribution in [0.3, 0.4) is 0 Å². The van der Waals surface area contributed by atoms with E-state index in [1.165, 1.54) is 0 Å². The molecular weight excluding hydrogens is 314 g/mol. The van der Waals surface area contributed by atoms with E-state index in [1.54, 1.807) is 14.2 Å². The van der Waals surface area contributed by atoms with Crippen molar-refractivity contribution in [3.05, 3.63) is 60.3 Å². The second kappa shape index (κ2) is 5.94. The monoisotopic (exact) mass is 331 g/mol. The van der Waals surface area contributed by atoms with Gasteiger partial charge in [-0.25, -0.2) is 4.98 Å². The van der Waals surface area contributed by atoms with E-state index in [1.807, 2.05) is 54.6 Å². The predicted octanol–water partition coefficient (Wildman–Crippen LogP) is 3.75. The number of hydrogen-bond acceptors (Lipinski definition) is 3. The van der Waals surface area contributed by atoms with Gasteiger partial charge in [0, 0.05) is 28.9 Å². The van der Waals surface area contributed by atoms with Gasteiger partial charge in [-0.05, 0) is 36.4 Å². The number of amides is 1. The number of benzene rings is 2. The molecule has 2 aromatic carbocycles. The lowest BCUT2D eigenvalue weighted by molar-refractivity contribution is 0.0958. The second-order valence-electron chi connectivity index (χ2n) is 5.76. The summed E-state index contributed by atoms with van der Waals surface area (Å²) in [6.07, 6.45) is 0. The number of para-hydroxylation sites is 1. The Morgan fingerprint density at radius 1 is 1.08 bits per heavy atom. The minimum Gasteiger partial charge on any atom is -0.497 e. The van der Waals surface area contributed by atoms with Crippen LogP contribution in [0.25, 0.3) is 33.1 Å². The van der Waals surface area contributed by atoms with Gasteiger partial charge in [0.05, 0.1) is 18.3 Å². The van der Waals surface area contributed by atoms with Crippen LogP contribution in [0.1, 0.15) is 10.5 Å². The molecule has 0 radical (unpaired) electrons. The minimum absolute atomic E-state index is 0.207. The third-order valence-electron chi connectivity index (χ3n) is 4.32. The quantitative estimate of drug-likeness (QED) is 0.601. The van der Waals surface area contributed by atoms with Crippen molar-refractivity contribution in [2.45, 2.75) is 0 Å². The fourth-order valence-corrected chi connectivity index (χ4v) is 3.05. The average molecular weight is 331 g/mol. The number of carbonyl (C=O) groups is 1. The molecule has 0 saturated carbocycles. The molecule has 0 saturated heterocycles. The zero-order valence-corrected chi connectivity index (χ0v) is 14.0. The van der Waals surface area contributed by atoms with Crippen molar-refractivity contribution in [3.63, 3.8) is 0 Å². The number of nitrogens with one attached hydrogen (secondary N) is 2. The van der Waals surface area contributed by atoms with Gasteiger partial charge >= 0.3 is 0 Å². The normalized spacial score (nSPS) is 11.0. The molecule has 0 bridgehead atoms. The van der Waals surface area contributed by atoms with Gasteiger partial charge < -0.3 is 15.0 Å². The number of aromatic amines is 1. The molecule has 4 rings (SSSR count). The zero-order chi connectivity index (χ0) is 17.4. The van der Waals surface area contributed by atoms with Gasteiger partial charge in [-0.1, -0.05) is 18.2 Å². The van der Waals surface area contributed by atoms with Crippen molar-refractivity contribution >= 4 is 27.7 Å². The highest BCUT2D eigenvalue weighted by atomic mass is 16.5. The van der Waals surface area contributed by atoms with E-state index >= 15 is 0 Å². The molecular formula is C20H17N3O2. The molecule has 1 amide bonds. The first-order valence-electron chi connectivity index (χ1n) is 7.99. The lowest BCUT2D eigenvalue weighted by Crippen LogP contribution is -2.19. The number of aromatic nitrogens is 2. The first-order chi connectivity index (χ1) is 12.2. The SMILES string of the molecule is CNC(=O)c1cc2c([nH]c3ccccc32)c(-c2ccc(OC)cc2)n1. The molecule has 2 N–H and O–H groups in total. The Hall–Kier alpha value is -3.34. The highest BCUT2D eigenvalue weighted by molar-refractivity contribution is 6.13. The zero-order valence-electron chi connectivity index (χ0n) is 14.0. The van der Waals surface area contributed by atoms with Crippen LogP contribution in [0, 0.1) is 0 Å². The number of H-pyrrole nitrogens is 1. The molecule has 5 nitrogen and oxygen atoms in total. The Morgan fingerprint density at radius 2 is 1.84 bits per heavy atom. The van der Waals surface area contributed by atoms with Crippen molar-refractivity contribution in [3.8, 4) is 17.0 Å². The summed E-state index contributed by atoms with van der Waals surface area (Å²) < 4.78 is 5.23. The Labute approximate surface area is 144 Å². The van der Waals surface area contributed by atoms with Gasteiger partial charge in [-0.2, -0.15) is 0 Å². The Bertz CT molecular complexity index is 1080. The third-order valence-corrected chi connectivity index (χ3v) is 4.32. The second-order valence-corrected chi connectivity index (χ2v) is 5.76. The topological polar surface area (TPSA) is 67.0 Å². The highest BCUT2D eigenvalue weighted by Crippen LogP contribution is 2.33. The van der Waals surface area contributed by atoms with Crippen molar-refractivity contribution < 1.29 is 9.53 Å². The molecule has 0 spiro atoms. The van der Waals surface area contributed by atoms with E-state index in [-0.39, 0.29) is 5.91 Å². The maximum atomic E-state index is 12.2. The molecule has 0 aliphatic carbocycles. The van der Waals surface area contributed by atoms with Crippen LogP contribution in [0.2, 0.25) is 0 Å². The Balaban J connectivity index is 2.04. The van der Waals surface area contributed by atoms with E-state index in [9.17, 15) is 4.79 Å². The van der Waals surface area contributed by atoms with Crippen molar-refractivity contribution in [1.29, 1.82) is 0 Å². The molecule has 2 aromatic heterocycles. The summed E-state index contributed by atoms with van der Waals surface area (Å²) in [6.45, 7) is 0. The number of methoxy groups -OCH3 is 1. The molecule has 0 atom stereocenters. The first-order valence-corrected chi connectivity index (χ1v) is 7.99. The van der Waals surface area contributed by atoms with Gasteiger partial charge in [0.2, 0.25) is 0 Å². The standard InChI is InChI=1S/C20H17N3O2/c1-21-20(24)17-11-15-14-5-3-4-6-16(14)22-19(15)18(23-17)12-7-9-13(25-2)10-8-12/h3-11,22H,1-2H3,(H,21,24). The van der Waals surface area contributed by atoms with Crippen molar-refractivity contribution in [2.75, 3.05) is 14.2 Å². The van der Waals surface area contributed by atoms with Crippen LogP contribution >= 0.6 is 0 Å². The predicted molar refractivity (Wildman–Crippen MR) is 99.0 cm³/mol. The van der Waals surface area contributed by atoms with Crippen molar-refractivity contribution in [2.24, 2.45) is 0 Å². The molecule has 0 unspecified atom stereocenters. The number of hydrogen-bond donors (Lipinski definition) is 2. The largest absolute Gasteiger partial charge is 0.497 e. The van der Waals surface area contributed by atoms with Crippen LogP contribution in [-0.2, 0) is 0 Å². The van der Waals surface area contributed by atoms with Crippen LogP contribution in [0.4, 0.5) is 0 Å². The van der Waals surface area contributed by atoms with Crippen LogP contribution in [0.15, 0.2) is 54.6 Å². The smallest absolute Gasteiger partial charge is 0.269 e. The molecule has 5 heteroatoms. The maximum Gasteiger partial charge on any atom is 0.269 e. The fraction of sp³-hybridized carbons (Fsp3) is 0.100. The summed E-state index contributed by atoms with van der Waals surface area (Å²) in [7, 11) is 3.24. The number of pyridine rings is 1. The summed E-state index contributed by atoms with van der Waals surface area (Å²) >= 11 is 0. The van der Waals surface area contributed by atoms with E-state index in [0.717, 1.165) is 38.8 Å². The van der Waals surface area contributed by atoms with E-state index < -0.39 is 0 Å². The molecule has 0 aliphatic rings. The van der Waals surface area contributed by atoms with Gasteiger partial charge in [0.15, 0.2) is 0 Å². The molecule has 2 heterocycles. The van der Waals surface area contributed by atoms with Crippen LogP contribution in [0.5, 0.6) is 5.75 Å². The lowest BCUT2D eigenvalue weighted by atomic mass is 10.1. The number of nitrogens with zero attached hydrogens (tertiary/aromatic N) is 1. The number of fused-ring (bicyclic) bond motifs is 3. The summed E-state index contributed by atoms with van der Waals surface area (Å²) in [5.74, 6) is 0.570. The van der Waals surface area contributed by atoms with Gasteiger partial charge in [-0.15, -0.1) is 0 Å². The van der Waals surface area contributed by atoms with E-state index in [0.29, 0.717) is 5.69 Å². The van der Waals surface area contributed by atoms with E-state index in [4.69, 9.17) is 4.74 Å². The van der Waals surface area contributed by atoms with Crippen molar-refractivity contribution in [1.82, 2.24) is 15.3 Å². The number of rotatable bonds is 3. The molecule has 0 aliphatic heterocycles. The van der Waals surface area contributed by atoms with Crippen LogP contribution < -0.4 is 10.1 Å². The minimum atomic E-state index is -0.207. The molecule has 4 aromatic rings. The molecule has 0 fully saturated rings. The molecule has 25 heavy (non-hydrogen) atoms. The van der Waals surface area contributed by atoms with Gasteiger partial charge in [0.1, 0.15) is 11.4 Å². The summed E-state index contributed by atoms with van der Waals surface area (Å²) in [5.41, 5.74) is 3.99. The third kappa shape index (κ3) is 2.50.